The minimum atomic E-state index is -0.292. The molecule has 0 radical (unpaired) electrons. The van der Waals surface area contributed by atoms with Crippen molar-refractivity contribution in [2.24, 2.45) is 0 Å². The molecule has 2 fully saturated rings. The predicted octanol–water partition coefficient (Wildman–Crippen LogP) is 4.49. The van der Waals surface area contributed by atoms with Crippen molar-refractivity contribution in [3.05, 3.63) is 71.8 Å². The van der Waals surface area contributed by atoms with Gasteiger partial charge in [-0.25, -0.2) is 11.6 Å². The van der Waals surface area contributed by atoms with E-state index in [1.165, 1.54) is 6.08 Å². The quantitative estimate of drug-likeness (QED) is 0.233. The minimum Gasteiger partial charge on any atom is -0.462 e. The van der Waals surface area contributed by atoms with E-state index in [2.05, 4.69) is 33.3 Å². The highest BCUT2D eigenvalue weighted by Crippen LogP contribution is 2.34. The molecule has 1 amide bonds. The number of carbonyl (C=O) groups excluding carboxylic acids is 1. The molecule has 0 N–H and O–H groups in total. The third kappa shape index (κ3) is 5.33. The third-order valence-corrected chi connectivity index (χ3v) is 8.46. The maximum absolute atomic E-state index is 12.5. The van der Waals surface area contributed by atoms with Crippen molar-refractivity contribution in [3.8, 4) is 17.3 Å². The first-order valence-electron chi connectivity index (χ1n) is 14.0. The second kappa shape index (κ2) is 11.9. The second-order valence-electron chi connectivity index (χ2n) is 10.7. The number of halogens is 1. The van der Waals surface area contributed by atoms with E-state index in [1.54, 1.807) is 17.3 Å². The highest BCUT2D eigenvalue weighted by molar-refractivity contribution is 6.36. The summed E-state index contributed by atoms with van der Waals surface area (Å²) in [6, 6.07) is 9.88. The largest absolute Gasteiger partial charge is 0.462 e. The van der Waals surface area contributed by atoms with Gasteiger partial charge >= 0.3 is 6.01 Å². The van der Waals surface area contributed by atoms with Gasteiger partial charge in [0.25, 0.3) is 0 Å². The Morgan fingerprint density at radius 1 is 1.17 bits per heavy atom. The molecule has 0 spiro atoms. The van der Waals surface area contributed by atoms with Gasteiger partial charge in [-0.1, -0.05) is 30.3 Å². The van der Waals surface area contributed by atoms with Crippen LogP contribution in [-0.4, -0.2) is 94.1 Å². The zero-order chi connectivity index (χ0) is 29.2. The van der Waals surface area contributed by atoms with Crippen LogP contribution in [0.3, 0.4) is 0 Å². The van der Waals surface area contributed by atoms with Crippen LogP contribution in [0.5, 0.6) is 6.01 Å². The van der Waals surface area contributed by atoms with Gasteiger partial charge in [-0.15, -0.1) is 0 Å². The fourth-order valence-corrected chi connectivity index (χ4v) is 6.17. The van der Waals surface area contributed by atoms with Gasteiger partial charge in [-0.2, -0.15) is 9.97 Å². The topological polar surface area (TPSA) is 91.9 Å². The molecule has 2 atom stereocenters. The van der Waals surface area contributed by atoms with Crippen LogP contribution < -0.4 is 9.64 Å². The lowest BCUT2D eigenvalue weighted by molar-refractivity contribution is -0.128. The molecule has 2 saturated heterocycles. The van der Waals surface area contributed by atoms with E-state index < -0.39 is 0 Å². The van der Waals surface area contributed by atoms with Gasteiger partial charge < -0.3 is 24.3 Å². The van der Waals surface area contributed by atoms with Crippen LogP contribution in [0.1, 0.15) is 12.8 Å². The van der Waals surface area contributed by atoms with Crippen molar-refractivity contribution >= 4 is 45.1 Å². The number of pyridine rings is 2. The van der Waals surface area contributed by atoms with Crippen LogP contribution in [0.15, 0.2) is 55.4 Å². The SMILES string of the molecule is [C-]#[N+]C[C@H]1CN(c2nc(OC[C@@H]3CCCN3C)nc3nc(-c4cncc5cccc(Cl)c45)ccc23)CCN1C(=O)C=C. The number of nitrogens with zero attached hydrogens (tertiary/aromatic N) is 8. The summed E-state index contributed by atoms with van der Waals surface area (Å²) in [5.74, 6) is 0.498. The number of likely N-dealkylation sites (N-methyl/N-ethyl adjacent to an activating group) is 1. The molecule has 11 heteroatoms. The van der Waals surface area contributed by atoms with Gasteiger partial charge in [-0.3, -0.25) is 9.78 Å². The Hall–Kier alpha value is -4.33. The lowest BCUT2D eigenvalue weighted by Crippen LogP contribution is -2.56. The van der Waals surface area contributed by atoms with Crippen LogP contribution in [-0.2, 0) is 4.79 Å². The Kier molecular flexibility index (Phi) is 7.87. The second-order valence-corrected chi connectivity index (χ2v) is 11.1. The molecule has 2 aliphatic rings. The molecule has 0 unspecified atom stereocenters. The Labute approximate surface area is 249 Å². The number of rotatable bonds is 7. The number of aromatic nitrogens is 4. The van der Waals surface area contributed by atoms with E-state index >= 15 is 0 Å². The van der Waals surface area contributed by atoms with Crippen molar-refractivity contribution in [1.29, 1.82) is 0 Å². The molecular formula is C31H31ClN8O2. The fraction of sp³-hybridized carbons (Fsp3) is 0.355. The van der Waals surface area contributed by atoms with Gasteiger partial charge in [0.05, 0.1) is 11.1 Å². The third-order valence-electron chi connectivity index (χ3n) is 8.15. The standard InChI is InChI=1S/C31H31ClN8O2/c1-4-27(41)40-14-13-39(18-22(40)16-33-2)30-23-10-11-26(24-17-34-15-20-7-5-9-25(32)28(20)24)35-29(23)36-31(37-30)42-19-21-8-6-12-38(21)3/h4-5,7,9-11,15,17,21-22H,1,6,8,12-14,16,18-19H2,3H3/t21-,22-/m0/s1. The highest BCUT2D eigenvalue weighted by atomic mass is 35.5. The minimum absolute atomic E-state index is 0.172. The van der Waals surface area contributed by atoms with Gasteiger partial charge in [0, 0.05) is 59.4 Å². The summed E-state index contributed by atoms with van der Waals surface area (Å²) in [4.78, 5) is 41.2. The molecule has 10 nitrogen and oxygen atoms in total. The van der Waals surface area contributed by atoms with Gasteiger partial charge in [0.15, 0.2) is 5.65 Å². The zero-order valence-electron chi connectivity index (χ0n) is 23.4. The number of fused-ring (bicyclic) bond motifs is 2. The summed E-state index contributed by atoms with van der Waals surface area (Å²) >= 11 is 6.61. The first-order valence-corrected chi connectivity index (χ1v) is 14.4. The number of amides is 1. The zero-order valence-corrected chi connectivity index (χ0v) is 24.2. The molecule has 3 aromatic heterocycles. The van der Waals surface area contributed by atoms with Crippen LogP contribution in [0.4, 0.5) is 5.82 Å². The van der Waals surface area contributed by atoms with E-state index in [0.717, 1.165) is 41.1 Å². The molecule has 6 rings (SSSR count). The molecular weight excluding hydrogens is 552 g/mol. The highest BCUT2D eigenvalue weighted by Gasteiger charge is 2.33. The number of hydrogen-bond acceptors (Lipinski definition) is 8. The summed E-state index contributed by atoms with van der Waals surface area (Å²) < 4.78 is 6.20. The number of likely N-dealkylation sites (tertiary alicyclic amines) is 1. The fourth-order valence-electron chi connectivity index (χ4n) is 5.89. The van der Waals surface area contributed by atoms with E-state index in [-0.39, 0.29) is 24.5 Å². The Bertz CT molecular complexity index is 1700. The number of benzene rings is 1. The van der Waals surface area contributed by atoms with Crippen LogP contribution in [0.25, 0.3) is 37.9 Å². The summed E-state index contributed by atoms with van der Waals surface area (Å²) in [6.07, 6.45) is 7.05. The predicted molar refractivity (Wildman–Crippen MR) is 164 cm³/mol. The lowest BCUT2D eigenvalue weighted by atomic mass is 10.0. The van der Waals surface area contributed by atoms with Crippen molar-refractivity contribution in [3.63, 3.8) is 0 Å². The lowest BCUT2D eigenvalue weighted by Gasteiger charge is -2.39. The molecule has 0 saturated carbocycles. The molecule has 214 valence electrons. The maximum atomic E-state index is 12.5. The summed E-state index contributed by atoms with van der Waals surface area (Å²) in [7, 11) is 2.10. The first kappa shape index (κ1) is 27.8. The smallest absolute Gasteiger partial charge is 0.320 e. The van der Waals surface area contributed by atoms with Crippen molar-refractivity contribution in [1.82, 2.24) is 29.7 Å². The normalized spacial score (nSPS) is 19.3. The molecule has 5 heterocycles. The van der Waals surface area contributed by atoms with E-state index in [1.807, 2.05) is 30.3 Å². The number of hydrogen-bond donors (Lipinski definition) is 0. The molecule has 1 aromatic carbocycles. The molecule has 0 aliphatic carbocycles. The van der Waals surface area contributed by atoms with Gasteiger partial charge in [-0.05, 0) is 50.7 Å². The van der Waals surface area contributed by atoms with Gasteiger partial charge in [0.1, 0.15) is 18.5 Å². The average Bonchev–Trinajstić information content (AvgIpc) is 3.43. The number of piperazine rings is 1. The van der Waals surface area contributed by atoms with Crippen LogP contribution >= 0.6 is 11.6 Å². The number of carbonyl (C=O) groups is 1. The van der Waals surface area contributed by atoms with Crippen LogP contribution in [0, 0.1) is 6.57 Å². The first-order chi connectivity index (χ1) is 20.5. The molecule has 4 aromatic rings. The molecule has 42 heavy (non-hydrogen) atoms. The van der Waals surface area contributed by atoms with Crippen molar-refractivity contribution in [2.45, 2.75) is 24.9 Å². The number of anilines is 1. The van der Waals surface area contributed by atoms with E-state index in [0.29, 0.717) is 54.5 Å². The molecule has 2 aliphatic heterocycles. The Morgan fingerprint density at radius 3 is 2.83 bits per heavy atom. The Morgan fingerprint density at radius 2 is 2.05 bits per heavy atom. The summed E-state index contributed by atoms with van der Waals surface area (Å²) in [5.41, 5.74) is 1.98. The Balaban J connectivity index is 1.42. The summed E-state index contributed by atoms with van der Waals surface area (Å²) in [5, 5.41) is 3.18. The monoisotopic (exact) mass is 582 g/mol. The van der Waals surface area contributed by atoms with Gasteiger partial charge in [0.2, 0.25) is 12.5 Å². The van der Waals surface area contributed by atoms with Crippen molar-refractivity contribution < 1.29 is 9.53 Å². The van der Waals surface area contributed by atoms with Crippen LogP contribution in [0.2, 0.25) is 5.02 Å². The van der Waals surface area contributed by atoms with E-state index in [9.17, 15) is 4.79 Å². The summed E-state index contributed by atoms with van der Waals surface area (Å²) in [6.45, 7) is 14.2. The van der Waals surface area contributed by atoms with E-state index in [4.69, 9.17) is 37.9 Å². The molecule has 0 bridgehead atoms. The van der Waals surface area contributed by atoms with Crippen molar-refractivity contribution in [2.75, 3.05) is 51.3 Å². The number of ether oxygens (including phenoxy) is 1. The maximum Gasteiger partial charge on any atom is 0.320 e. The average molecular weight is 583 g/mol.